The van der Waals surface area contributed by atoms with E-state index in [0.717, 1.165) is 12.1 Å². The van der Waals surface area contributed by atoms with Gasteiger partial charge >= 0.3 is 0 Å². The second-order valence-electron chi connectivity index (χ2n) is 3.28. The molecule has 72 valence electrons. The van der Waals surface area contributed by atoms with Gasteiger partial charge in [-0.3, -0.25) is 9.97 Å². The SMILES string of the molecule is CCC(C)C(NC)c1cnccn1. The third-order valence-corrected chi connectivity index (χ3v) is 2.43. The minimum Gasteiger partial charge on any atom is -0.311 e. The van der Waals surface area contributed by atoms with Gasteiger partial charge < -0.3 is 5.32 Å². The molecule has 0 radical (unpaired) electrons. The summed E-state index contributed by atoms with van der Waals surface area (Å²) in [5.74, 6) is 0.585. The van der Waals surface area contributed by atoms with Crippen LogP contribution in [0.15, 0.2) is 18.6 Å². The summed E-state index contributed by atoms with van der Waals surface area (Å²) in [5.41, 5.74) is 1.03. The molecule has 0 aliphatic carbocycles. The lowest BCUT2D eigenvalue weighted by molar-refractivity contribution is 0.391. The van der Waals surface area contributed by atoms with Crippen LogP contribution < -0.4 is 5.32 Å². The third-order valence-electron chi connectivity index (χ3n) is 2.43. The van der Waals surface area contributed by atoms with Crippen molar-refractivity contribution in [2.75, 3.05) is 7.05 Å². The van der Waals surface area contributed by atoms with Crippen molar-refractivity contribution in [3.05, 3.63) is 24.3 Å². The average Bonchev–Trinajstić information content (AvgIpc) is 2.20. The fourth-order valence-corrected chi connectivity index (χ4v) is 1.43. The molecule has 13 heavy (non-hydrogen) atoms. The number of nitrogens with one attached hydrogen (secondary N) is 1. The van der Waals surface area contributed by atoms with Gasteiger partial charge in [0.1, 0.15) is 0 Å². The molecule has 0 saturated carbocycles. The second-order valence-corrected chi connectivity index (χ2v) is 3.28. The number of hydrogen-bond acceptors (Lipinski definition) is 3. The average molecular weight is 179 g/mol. The second kappa shape index (κ2) is 4.92. The zero-order valence-electron chi connectivity index (χ0n) is 8.49. The molecule has 0 bridgehead atoms. The van der Waals surface area contributed by atoms with Crippen molar-refractivity contribution in [1.82, 2.24) is 15.3 Å². The predicted molar refractivity (Wildman–Crippen MR) is 53.3 cm³/mol. The van der Waals surface area contributed by atoms with E-state index in [1.54, 1.807) is 12.4 Å². The van der Waals surface area contributed by atoms with Crippen LogP contribution in [0.2, 0.25) is 0 Å². The molecule has 3 nitrogen and oxygen atoms in total. The maximum Gasteiger partial charge on any atom is 0.0758 e. The van der Waals surface area contributed by atoms with Crippen molar-refractivity contribution < 1.29 is 0 Å². The Morgan fingerprint density at radius 1 is 1.46 bits per heavy atom. The van der Waals surface area contributed by atoms with Gasteiger partial charge in [0.15, 0.2) is 0 Å². The van der Waals surface area contributed by atoms with E-state index in [2.05, 4.69) is 29.1 Å². The highest BCUT2D eigenvalue weighted by atomic mass is 14.9. The van der Waals surface area contributed by atoms with Crippen LogP contribution in [0.1, 0.15) is 32.0 Å². The zero-order valence-corrected chi connectivity index (χ0v) is 8.49. The summed E-state index contributed by atoms with van der Waals surface area (Å²) in [6, 6.07) is 0.318. The molecule has 0 aliphatic heterocycles. The van der Waals surface area contributed by atoms with Crippen LogP contribution in [0.3, 0.4) is 0 Å². The molecule has 0 fully saturated rings. The summed E-state index contributed by atoms with van der Waals surface area (Å²) in [6.45, 7) is 4.40. The van der Waals surface area contributed by atoms with Gasteiger partial charge in [0.25, 0.3) is 0 Å². The molecule has 0 aromatic carbocycles. The van der Waals surface area contributed by atoms with E-state index in [-0.39, 0.29) is 0 Å². The van der Waals surface area contributed by atoms with Crippen molar-refractivity contribution in [2.45, 2.75) is 26.3 Å². The molecule has 0 saturated heterocycles. The van der Waals surface area contributed by atoms with Crippen LogP contribution in [-0.2, 0) is 0 Å². The van der Waals surface area contributed by atoms with E-state index in [1.165, 1.54) is 0 Å². The van der Waals surface area contributed by atoms with E-state index in [4.69, 9.17) is 0 Å². The van der Waals surface area contributed by atoms with Crippen molar-refractivity contribution in [1.29, 1.82) is 0 Å². The molecular weight excluding hydrogens is 162 g/mol. The number of nitrogens with zero attached hydrogens (tertiary/aromatic N) is 2. The van der Waals surface area contributed by atoms with Crippen LogP contribution in [-0.4, -0.2) is 17.0 Å². The molecule has 0 spiro atoms. The van der Waals surface area contributed by atoms with E-state index in [1.807, 2.05) is 13.2 Å². The van der Waals surface area contributed by atoms with Gasteiger partial charge in [-0.2, -0.15) is 0 Å². The highest BCUT2D eigenvalue weighted by Gasteiger charge is 2.16. The fraction of sp³-hybridized carbons (Fsp3) is 0.600. The molecule has 1 N–H and O–H groups in total. The van der Waals surface area contributed by atoms with Gasteiger partial charge in [-0.15, -0.1) is 0 Å². The van der Waals surface area contributed by atoms with Gasteiger partial charge in [-0.1, -0.05) is 20.3 Å². The molecule has 0 amide bonds. The Bertz CT molecular complexity index is 235. The quantitative estimate of drug-likeness (QED) is 0.765. The lowest BCUT2D eigenvalue weighted by Crippen LogP contribution is -2.24. The topological polar surface area (TPSA) is 37.8 Å². The largest absolute Gasteiger partial charge is 0.311 e. The van der Waals surface area contributed by atoms with E-state index in [0.29, 0.717) is 12.0 Å². The molecular formula is C10H17N3. The Morgan fingerprint density at radius 3 is 2.69 bits per heavy atom. The maximum absolute atomic E-state index is 4.29. The molecule has 1 aromatic heterocycles. The summed E-state index contributed by atoms with van der Waals surface area (Å²) in [5, 5.41) is 3.27. The summed E-state index contributed by atoms with van der Waals surface area (Å²) in [6.07, 6.45) is 6.41. The van der Waals surface area contributed by atoms with Gasteiger partial charge in [0.2, 0.25) is 0 Å². The Balaban J connectivity index is 2.78. The Morgan fingerprint density at radius 2 is 2.23 bits per heavy atom. The first-order valence-corrected chi connectivity index (χ1v) is 4.72. The molecule has 1 heterocycles. The van der Waals surface area contributed by atoms with Gasteiger partial charge in [-0.25, -0.2) is 0 Å². The summed E-state index contributed by atoms with van der Waals surface area (Å²) in [4.78, 5) is 8.36. The summed E-state index contributed by atoms with van der Waals surface area (Å²) in [7, 11) is 1.96. The standard InChI is InChI=1S/C10H17N3/c1-4-8(2)10(11-3)9-7-12-5-6-13-9/h5-8,10-11H,4H2,1-3H3. The number of aromatic nitrogens is 2. The molecule has 1 aromatic rings. The lowest BCUT2D eigenvalue weighted by Gasteiger charge is -2.21. The first-order chi connectivity index (χ1) is 6.29. The molecule has 2 unspecified atom stereocenters. The van der Waals surface area contributed by atoms with E-state index < -0.39 is 0 Å². The van der Waals surface area contributed by atoms with Crippen molar-refractivity contribution in [2.24, 2.45) is 5.92 Å². The lowest BCUT2D eigenvalue weighted by atomic mass is 9.97. The molecule has 2 atom stereocenters. The van der Waals surface area contributed by atoms with E-state index in [9.17, 15) is 0 Å². The number of hydrogen-bond donors (Lipinski definition) is 1. The molecule has 1 rings (SSSR count). The minimum absolute atomic E-state index is 0.318. The zero-order chi connectivity index (χ0) is 9.68. The van der Waals surface area contributed by atoms with Crippen LogP contribution >= 0.6 is 0 Å². The Labute approximate surface area is 79.6 Å². The normalized spacial score (nSPS) is 15.3. The minimum atomic E-state index is 0.318. The van der Waals surface area contributed by atoms with Crippen molar-refractivity contribution in [3.8, 4) is 0 Å². The van der Waals surface area contributed by atoms with Crippen LogP contribution in [0.5, 0.6) is 0 Å². The smallest absolute Gasteiger partial charge is 0.0758 e. The molecule has 0 aliphatic rings. The van der Waals surface area contributed by atoms with Gasteiger partial charge in [0, 0.05) is 18.6 Å². The van der Waals surface area contributed by atoms with Crippen molar-refractivity contribution >= 4 is 0 Å². The highest BCUT2D eigenvalue weighted by molar-refractivity contribution is 5.03. The van der Waals surface area contributed by atoms with Crippen LogP contribution in [0.25, 0.3) is 0 Å². The highest BCUT2D eigenvalue weighted by Crippen LogP contribution is 2.20. The van der Waals surface area contributed by atoms with Crippen LogP contribution in [0.4, 0.5) is 0 Å². The fourth-order valence-electron chi connectivity index (χ4n) is 1.43. The van der Waals surface area contributed by atoms with Gasteiger partial charge in [-0.05, 0) is 13.0 Å². The third kappa shape index (κ3) is 2.49. The summed E-state index contributed by atoms with van der Waals surface area (Å²) < 4.78 is 0. The Hall–Kier alpha value is -0.960. The van der Waals surface area contributed by atoms with Gasteiger partial charge in [0.05, 0.1) is 11.7 Å². The predicted octanol–water partition coefficient (Wildman–Crippen LogP) is 1.78. The first kappa shape index (κ1) is 10.1. The van der Waals surface area contributed by atoms with Crippen molar-refractivity contribution in [3.63, 3.8) is 0 Å². The Kier molecular flexibility index (Phi) is 3.83. The maximum atomic E-state index is 4.29. The van der Waals surface area contributed by atoms with E-state index >= 15 is 0 Å². The first-order valence-electron chi connectivity index (χ1n) is 4.72. The van der Waals surface area contributed by atoms with Crippen LogP contribution in [0, 0.1) is 5.92 Å². The monoisotopic (exact) mass is 179 g/mol. The summed E-state index contributed by atoms with van der Waals surface area (Å²) >= 11 is 0. The molecule has 3 heteroatoms. The number of rotatable bonds is 4.